The van der Waals surface area contributed by atoms with Crippen LogP contribution in [0.5, 0.6) is 0 Å². The molecule has 1 saturated heterocycles. The van der Waals surface area contributed by atoms with Crippen LogP contribution >= 0.6 is 27.5 Å². The molecule has 1 aromatic carbocycles. The number of nitrogens with one attached hydrogen (secondary N) is 1. The Balaban J connectivity index is 1.41. The van der Waals surface area contributed by atoms with E-state index in [1.807, 2.05) is 24.3 Å². The van der Waals surface area contributed by atoms with Crippen molar-refractivity contribution in [2.75, 3.05) is 32.7 Å². The van der Waals surface area contributed by atoms with E-state index in [2.05, 4.69) is 26.1 Å². The Morgan fingerprint density at radius 2 is 1.77 bits per heavy atom. The second-order valence-corrected chi connectivity index (χ2v) is 7.29. The fraction of sp³-hybridized carbons (Fsp3) is 0.333. The van der Waals surface area contributed by atoms with Gasteiger partial charge in [0.2, 0.25) is 5.91 Å². The molecule has 26 heavy (non-hydrogen) atoms. The molecule has 0 aliphatic carbocycles. The van der Waals surface area contributed by atoms with Gasteiger partial charge in [-0.1, -0.05) is 23.7 Å². The van der Waals surface area contributed by atoms with Gasteiger partial charge in [-0.05, 0) is 45.8 Å². The number of hydrogen-bond donors (Lipinski definition) is 1. The lowest BCUT2D eigenvalue weighted by Crippen LogP contribution is -2.50. The summed E-state index contributed by atoms with van der Waals surface area (Å²) < 4.78 is 5.64. The molecule has 2 heterocycles. The van der Waals surface area contributed by atoms with Gasteiger partial charge in [-0.25, -0.2) is 0 Å². The molecule has 0 spiro atoms. The number of piperazine rings is 1. The van der Waals surface area contributed by atoms with E-state index in [0.29, 0.717) is 17.8 Å². The molecule has 0 saturated carbocycles. The van der Waals surface area contributed by atoms with E-state index in [0.717, 1.165) is 24.7 Å². The van der Waals surface area contributed by atoms with Crippen molar-refractivity contribution in [3.05, 3.63) is 57.4 Å². The smallest absolute Gasteiger partial charge is 0.287 e. The van der Waals surface area contributed by atoms with E-state index in [-0.39, 0.29) is 18.2 Å². The molecule has 6 nitrogen and oxygen atoms in total. The van der Waals surface area contributed by atoms with Gasteiger partial charge in [0.25, 0.3) is 5.91 Å². The SMILES string of the molecule is O=C(NCC(=O)N1CCN(Cc2ccc(Cl)cc2)CC1)c1ccc(Br)o1. The minimum Gasteiger partial charge on any atom is -0.444 e. The van der Waals surface area contributed by atoms with Crippen LogP contribution in [0.25, 0.3) is 0 Å². The highest BCUT2D eigenvalue weighted by molar-refractivity contribution is 9.10. The molecule has 0 radical (unpaired) electrons. The van der Waals surface area contributed by atoms with E-state index >= 15 is 0 Å². The van der Waals surface area contributed by atoms with Crippen LogP contribution in [0.1, 0.15) is 16.1 Å². The molecular formula is C18H19BrClN3O3. The molecule has 0 atom stereocenters. The third-order valence-corrected chi connectivity index (χ3v) is 4.92. The fourth-order valence-electron chi connectivity index (χ4n) is 2.79. The third kappa shape index (κ3) is 5.09. The van der Waals surface area contributed by atoms with Gasteiger partial charge in [0, 0.05) is 37.7 Å². The van der Waals surface area contributed by atoms with Gasteiger partial charge in [0.1, 0.15) is 0 Å². The standard InChI is InChI=1S/C18H19BrClN3O3/c19-16-6-5-15(26-16)18(25)21-11-17(24)23-9-7-22(8-10-23)12-13-1-3-14(20)4-2-13/h1-6H,7-12H2,(H,21,25). The molecule has 1 aliphatic rings. The Morgan fingerprint density at radius 3 is 2.38 bits per heavy atom. The number of nitrogens with zero attached hydrogens (tertiary/aromatic N) is 2. The first kappa shape index (κ1) is 18.9. The average molecular weight is 441 g/mol. The molecular weight excluding hydrogens is 422 g/mol. The van der Waals surface area contributed by atoms with Crippen molar-refractivity contribution >= 4 is 39.3 Å². The number of benzene rings is 1. The third-order valence-electron chi connectivity index (χ3n) is 4.24. The van der Waals surface area contributed by atoms with E-state index in [4.69, 9.17) is 16.0 Å². The summed E-state index contributed by atoms with van der Waals surface area (Å²) in [5, 5.41) is 3.32. The minimum absolute atomic E-state index is 0.0334. The molecule has 3 rings (SSSR count). The number of amides is 2. The fourth-order valence-corrected chi connectivity index (χ4v) is 3.23. The summed E-state index contributed by atoms with van der Waals surface area (Å²) >= 11 is 9.05. The maximum Gasteiger partial charge on any atom is 0.287 e. The quantitative estimate of drug-likeness (QED) is 0.776. The number of hydrogen-bond acceptors (Lipinski definition) is 4. The molecule has 1 aliphatic heterocycles. The number of carbonyl (C=O) groups excluding carboxylic acids is 2. The van der Waals surface area contributed by atoms with E-state index in [9.17, 15) is 9.59 Å². The van der Waals surface area contributed by atoms with Crippen LogP contribution in [-0.4, -0.2) is 54.3 Å². The molecule has 8 heteroatoms. The lowest BCUT2D eigenvalue weighted by atomic mass is 10.2. The summed E-state index contributed by atoms with van der Waals surface area (Å²) in [7, 11) is 0. The highest BCUT2D eigenvalue weighted by atomic mass is 79.9. The maximum absolute atomic E-state index is 12.3. The van der Waals surface area contributed by atoms with Gasteiger partial charge in [0.15, 0.2) is 10.4 Å². The van der Waals surface area contributed by atoms with E-state index in [1.165, 1.54) is 5.56 Å². The normalized spacial score (nSPS) is 15.1. The molecule has 138 valence electrons. The first-order valence-corrected chi connectivity index (χ1v) is 9.46. The Morgan fingerprint density at radius 1 is 1.08 bits per heavy atom. The first-order chi connectivity index (χ1) is 12.5. The number of carbonyl (C=O) groups is 2. The van der Waals surface area contributed by atoms with Crippen molar-refractivity contribution in [1.29, 1.82) is 0 Å². The van der Waals surface area contributed by atoms with Crippen LogP contribution in [0.4, 0.5) is 0 Å². The second-order valence-electron chi connectivity index (χ2n) is 6.07. The summed E-state index contributed by atoms with van der Waals surface area (Å²) in [5.74, 6) is -0.307. The van der Waals surface area contributed by atoms with Crippen molar-refractivity contribution in [2.24, 2.45) is 0 Å². The molecule has 0 bridgehead atoms. The predicted molar refractivity (Wildman–Crippen MR) is 102 cm³/mol. The number of rotatable bonds is 5. The van der Waals surface area contributed by atoms with Crippen molar-refractivity contribution in [1.82, 2.24) is 15.1 Å². The van der Waals surface area contributed by atoms with Gasteiger partial charge in [-0.3, -0.25) is 14.5 Å². The summed E-state index contributed by atoms with van der Waals surface area (Å²) in [5.41, 5.74) is 1.20. The molecule has 1 N–H and O–H groups in total. The second kappa shape index (κ2) is 8.70. The van der Waals surface area contributed by atoms with Gasteiger partial charge in [-0.2, -0.15) is 0 Å². The number of furan rings is 1. The minimum atomic E-state index is -0.398. The Bertz CT molecular complexity index is 770. The molecule has 0 unspecified atom stereocenters. The monoisotopic (exact) mass is 439 g/mol. The number of halogens is 2. The van der Waals surface area contributed by atoms with Gasteiger partial charge in [-0.15, -0.1) is 0 Å². The van der Waals surface area contributed by atoms with Crippen LogP contribution in [0.15, 0.2) is 45.5 Å². The lowest BCUT2D eigenvalue weighted by Gasteiger charge is -2.34. The first-order valence-electron chi connectivity index (χ1n) is 8.29. The Labute approximate surface area is 165 Å². The van der Waals surface area contributed by atoms with Crippen molar-refractivity contribution in [2.45, 2.75) is 6.54 Å². The lowest BCUT2D eigenvalue weighted by molar-refractivity contribution is -0.131. The van der Waals surface area contributed by atoms with E-state index < -0.39 is 5.91 Å². The Hall–Kier alpha value is -1.83. The van der Waals surface area contributed by atoms with Gasteiger partial charge in [0.05, 0.1) is 6.54 Å². The highest BCUT2D eigenvalue weighted by Gasteiger charge is 2.22. The predicted octanol–water partition coefficient (Wildman–Crippen LogP) is 2.77. The summed E-state index contributed by atoms with van der Waals surface area (Å²) in [6.07, 6.45) is 0. The average Bonchev–Trinajstić information content (AvgIpc) is 3.08. The van der Waals surface area contributed by atoms with Gasteiger partial charge >= 0.3 is 0 Å². The van der Waals surface area contributed by atoms with Gasteiger partial charge < -0.3 is 14.6 Å². The zero-order valence-corrected chi connectivity index (χ0v) is 16.4. The van der Waals surface area contributed by atoms with Crippen LogP contribution in [0, 0.1) is 0 Å². The zero-order valence-electron chi connectivity index (χ0n) is 14.1. The van der Waals surface area contributed by atoms with Crippen LogP contribution < -0.4 is 5.32 Å². The largest absolute Gasteiger partial charge is 0.444 e. The Kier molecular flexibility index (Phi) is 6.34. The highest BCUT2D eigenvalue weighted by Crippen LogP contribution is 2.14. The molecule has 2 aromatic rings. The van der Waals surface area contributed by atoms with Crippen LogP contribution in [-0.2, 0) is 11.3 Å². The van der Waals surface area contributed by atoms with Crippen LogP contribution in [0.2, 0.25) is 5.02 Å². The molecule has 1 aromatic heterocycles. The molecule has 2 amide bonds. The zero-order chi connectivity index (χ0) is 18.5. The molecule has 1 fully saturated rings. The van der Waals surface area contributed by atoms with Crippen molar-refractivity contribution in [3.8, 4) is 0 Å². The summed E-state index contributed by atoms with van der Waals surface area (Å²) in [6.45, 7) is 3.70. The maximum atomic E-state index is 12.3. The van der Waals surface area contributed by atoms with E-state index in [1.54, 1.807) is 17.0 Å². The topological polar surface area (TPSA) is 65.8 Å². The van der Waals surface area contributed by atoms with Crippen molar-refractivity contribution in [3.63, 3.8) is 0 Å². The van der Waals surface area contributed by atoms with Crippen LogP contribution in [0.3, 0.4) is 0 Å². The van der Waals surface area contributed by atoms with Crippen molar-refractivity contribution < 1.29 is 14.0 Å². The summed E-state index contributed by atoms with van der Waals surface area (Å²) in [6, 6.07) is 11.0. The summed E-state index contributed by atoms with van der Waals surface area (Å²) in [4.78, 5) is 28.3.